The van der Waals surface area contributed by atoms with Crippen LogP contribution in [0.4, 0.5) is 8.78 Å². The van der Waals surface area contributed by atoms with Crippen LogP contribution in [0.25, 0.3) is 12.2 Å². The average molecular weight is 684 g/mol. The Kier molecular flexibility index (Phi) is 7.70. The molecule has 0 fully saturated rings. The summed E-state index contributed by atoms with van der Waals surface area (Å²) in [5.74, 6) is 0.0202. The summed E-state index contributed by atoms with van der Waals surface area (Å²) in [4.78, 5) is 19.6. The lowest BCUT2D eigenvalue weighted by Gasteiger charge is -2.31. The molecule has 2 heterocycles. The van der Waals surface area contributed by atoms with E-state index in [0.29, 0.717) is 14.9 Å². The van der Waals surface area contributed by atoms with Crippen LogP contribution in [0.1, 0.15) is 42.0 Å². The van der Waals surface area contributed by atoms with Crippen molar-refractivity contribution in [2.45, 2.75) is 31.9 Å². The van der Waals surface area contributed by atoms with Crippen molar-refractivity contribution in [1.82, 2.24) is 4.57 Å². The van der Waals surface area contributed by atoms with Gasteiger partial charge in [0.2, 0.25) is 0 Å². The van der Waals surface area contributed by atoms with Crippen molar-refractivity contribution in [3.63, 3.8) is 0 Å². The molecular formula is C31H22Br2F2N2O2S. The SMILES string of the molecule is O=c1/c(=C/c2ccccc2OC(F)F)sc2n1C(c1ccc(Br)cc1)C1=C(N=2)/C(=C\c2ccc(Br)cc2)CCC1. The number of hydrogen-bond acceptors (Lipinski definition) is 4. The number of rotatable bonds is 5. The first-order valence-corrected chi connectivity index (χ1v) is 15.1. The number of benzene rings is 3. The molecule has 1 atom stereocenters. The van der Waals surface area contributed by atoms with E-state index in [0.717, 1.165) is 56.2 Å². The molecular weight excluding hydrogens is 662 g/mol. The first kappa shape index (κ1) is 27.1. The number of para-hydroxylation sites is 1. The molecule has 4 aromatic rings. The third-order valence-corrected chi connectivity index (χ3v) is 8.99. The highest BCUT2D eigenvalue weighted by Gasteiger charge is 2.32. The van der Waals surface area contributed by atoms with E-state index in [1.807, 2.05) is 36.4 Å². The van der Waals surface area contributed by atoms with Crippen LogP contribution in [-0.2, 0) is 0 Å². The fourth-order valence-corrected chi connectivity index (χ4v) is 6.73. The first-order valence-electron chi connectivity index (χ1n) is 12.7. The summed E-state index contributed by atoms with van der Waals surface area (Å²) in [6.45, 7) is -2.96. The lowest BCUT2D eigenvalue weighted by molar-refractivity contribution is -0.0499. The third-order valence-electron chi connectivity index (χ3n) is 6.95. The summed E-state index contributed by atoms with van der Waals surface area (Å²) in [7, 11) is 0. The molecule has 1 aliphatic carbocycles. The van der Waals surface area contributed by atoms with Crippen molar-refractivity contribution in [1.29, 1.82) is 0 Å². The summed E-state index contributed by atoms with van der Waals surface area (Å²) < 4.78 is 34.9. The first-order chi connectivity index (χ1) is 19.4. The normalized spacial score (nSPS) is 18.1. The second-order valence-electron chi connectivity index (χ2n) is 9.50. The Labute approximate surface area is 249 Å². The fourth-order valence-electron chi connectivity index (χ4n) is 5.21. The Hall–Kier alpha value is -3.14. The summed E-state index contributed by atoms with van der Waals surface area (Å²) in [6, 6.07) is 22.3. The van der Waals surface area contributed by atoms with E-state index in [1.54, 1.807) is 28.8 Å². The number of aromatic nitrogens is 1. The molecule has 9 heteroatoms. The maximum absolute atomic E-state index is 13.9. The standard InChI is InChI=1S/C31H22Br2F2N2O2S/c32-22-12-8-18(9-13-22)16-21-5-3-6-24-27(21)36-31-37(28(24)19-10-14-23(33)15-11-19)29(38)26(40-31)17-20-4-1-2-7-25(20)39-30(34)35/h1-2,4,7-17,28,30H,3,5-6H2/b21-16-,26-17-. The molecule has 6 rings (SSSR count). The van der Waals surface area contributed by atoms with Gasteiger partial charge in [-0.05, 0) is 84.0 Å². The topological polar surface area (TPSA) is 43.6 Å². The van der Waals surface area contributed by atoms with Gasteiger partial charge in [-0.15, -0.1) is 0 Å². The van der Waals surface area contributed by atoms with Gasteiger partial charge >= 0.3 is 6.61 Å². The Bertz CT molecular complexity index is 1820. The smallest absolute Gasteiger partial charge is 0.387 e. The number of halogens is 4. The highest BCUT2D eigenvalue weighted by Crippen LogP contribution is 2.41. The second kappa shape index (κ2) is 11.4. The van der Waals surface area contributed by atoms with Crippen molar-refractivity contribution < 1.29 is 13.5 Å². The highest BCUT2D eigenvalue weighted by atomic mass is 79.9. The van der Waals surface area contributed by atoms with Crippen LogP contribution >= 0.6 is 43.2 Å². The molecule has 3 aromatic carbocycles. The average Bonchev–Trinajstić information content (AvgIpc) is 3.25. The molecule has 1 aromatic heterocycles. The molecule has 0 spiro atoms. The monoisotopic (exact) mass is 682 g/mol. The minimum absolute atomic E-state index is 0.0202. The molecule has 0 bridgehead atoms. The second-order valence-corrected chi connectivity index (χ2v) is 12.3. The molecule has 1 aliphatic heterocycles. The summed E-state index contributed by atoms with van der Waals surface area (Å²) >= 11 is 8.28. The van der Waals surface area contributed by atoms with Gasteiger partial charge in [0.05, 0.1) is 16.3 Å². The number of ether oxygens (including phenoxy) is 1. The van der Waals surface area contributed by atoms with E-state index in [1.165, 1.54) is 17.4 Å². The number of fused-ring (bicyclic) bond motifs is 1. The molecule has 1 unspecified atom stereocenters. The molecule has 0 N–H and O–H groups in total. The van der Waals surface area contributed by atoms with Crippen LogP contribution in [0, 0.1) is 0 Å². The quantitative estimate of drug-likeness (QED) is 0.217. The third kappa shape index (κ3) is 5.42. The van der Waals surface area contributed by atoms with Crippen molar-refractivity contribution in [3.8, 4) is 5.75 Å². The van der Waals surface area contributed by atoms with Gasteiger partial charge in [0.1, 0.15) is 5.75 Å². The van der Waals surface area contributed by atoms with E-state index < -0.39 is 6.61 Å². The molecule has 0 radical (unpaired) electrons. The van der Waals surface area contributed by atoms with E-state index in [2.05, 4.69) is 50.1 Å². The van der Waals surface area contributed by atoms with Crippen molar-refractivity contribution >= 4 is 55.3 Å². The van der Waals surface area contributed by atoms with Gasteiger partial charge in [-0.25, -0.2) is 4.99 Å². The number of thiazole rings is 1. The van der Waals surface area contributed by atoms with Crippen molar-refractivity contribution in [2.24, 2.45) is 4.99 Å². The minimum Gasteiger partial charge on any atom is -0.434 e. The lowest BCUT2D eigenvalue weighted by Crippen LogP contribution is -2.39. The van der Waals surface area contributed by atoms with Gasteiger partial charge in [-0.3, -0.25) is 9.36 Å². The molecule has 202 valence electrons. The van der Waals surface area contributed by atoms with Crippen LogP contribution in [0.5, 0.6) is 5.75 Å². The van der Waals surface area contributed by atoms with E-state index in [9.17, 15) is 13.6 Å². The molecule has 4 nitrogen and oxygen atoms in total. The summed E-state index contributed by atoms with van der Waals surface area (Å²) in [6.07, 6.45) is 6.45. The highest BCUT2D eigenvalue weighted by molar-refractivity contribution is 9.10. The molecule has 40 heavy (non-hydrogen) atoms. The zero-order chi connectivity index (χ0) is 27.8. The van der Waals surface area contributed by atoms with Crippen molar-refractivity contribution in [3.05, 3.63) is 135 Å². The number of allylic oxidation sites excluding steroid dienone is 2. The predicted molar refractivity (Wildman–Crippen MR) is 161 cm³/mol. The Morgan fingerprint density at radius 3 is 2.38 bits per heavy atom. The van der Waals surface area contributed by atoms with Crippen LogP contribution in [0.15, 0.2) is 108 Å². The lowest BCUT2D eigenvalue weighted by atomic mass is 9.84. The Morgan fingerprint density at radius 2 is 1.65 bits per heavy atom. The van der Waals surface area contributed by atoms with Gasteiger partial charge in [0.25, 0.3) is 5.56 Å². The molecule has 0 amide bonds. The molecule has 0 saturated carbocycles. The fraction of sp³-hybridized carbons (Fsp3) is 0.161. The predicted octanol–water partition coefficient (Wildman–Crippen LogP) is 7.61. The largest absolute Gasteiger partial charge is 0.434 e. The van der Waals surface area contributed by atoms with E-state index in [4.69, 9.17) is 9.73 Å². The number of alkyl halides is 2. The van der Waals surface area contributed by atoms with Gasteiger partial charge in [0, 0.05) is 14.5 Å². The van der Waals surface area contributed by atoms with Gasteiger partial charge in [-0.1, -0.05) is 85.7 Å². The van der Waals surface area contributed by atoms with Gasteiger partial charge in [0.15, 0.2) is 4.80 Å². The zero-order valence-corrected chi connectivity index (χ0v) is 25.0. The van der Waals surface area contributed by atoms with Crippen molar-refractivity contribution in [2.75, 3.05) is 0 Å². The number of nitrogens with zero attached hydrogens (tertiary/aromatic N) is 2. The van der Waals surface area contributed by atoms with Crippen LogP contribution < -0.4 is 19.6 Å². The van der Waals surface area contributed by atoms with E-state index >= 15 is 0 Å². The van der Waals surface area contributed by atoms with Crippen LogP contribution in [0.3, 0.4) is 0 Å². The van der Waals surface area contributed by atoms with Crippen LogP contribution in [-0.4, -0.2) is 11.2 Å². The number of hydrogen-bond donors (Lipinski definition) is 0. The van der Waals surface area contributed by atoms with E-state index in [-0.39, 0.29) is 17.4 Å². The summed E-state index contributed by atoms with van der Waals surface area (Å²) in [5.41, 5.74) is 5.45. The maximum atomic E-state index is 13.9. The molecule has 2 aliphatic rings. The van der Waals surface area contributed by atoms with Crippen LogP contribution in [0.2, 0.25) is 0 Å². The molecule has 0 saturated heterocycles. The maximum Gasteiger partial charge on any atom is 0.387 e. The minimum atomic E-state index is -2.96. The van der Waals surface area contributed by atoms with Gasteiger partial charge in [-0.2, -0.15) is 8.78 Å². The Balaban J connectivity index is 1.56. The summed E-state index contributed by atoms with van der Waals surface area (Å²) in [5, 5.41) is 0. The van der Waals surface area contributed by atoms with Gasteiger partial charge < -0.3 is 4.74 Å². The Morgan fingerprint density at radius 1 is 0.950 bits per heavy atom. The zero-order valence-electron chi connectivity index (χ0n) is 21.0.